The van der Waals surface area contributed by atoms with Gasteiger partial charge in [0, 0.05) is 5.57 Å². The molecule has 0 aromatic carbocycles. The summed E-state index contributed by atoms with van der Waals surface area (Å²) in [5, 5.41) is 0. The first kappa shape index (κ1) is 11.2. The van der Waals surface area contributed by atoms with Gasteiger partial charge in [0.2, 0.25) is 0 Å². The zero-order valence-electron chi connectivity index (χ0n) is 8.87. The van der Waals surface area contributed by atoms with Gasteiger partial charge in [0.05, 0.1) is 18.7 Å². The van der Waals surface area contributed by atoms with E-state index in [-0.39, 0.29) is 0 Å². The van der Waals surface area contributed by atoms with Gasteiger partial charge in [-0.15, -0.1) is 0 Å². The van der Waals surface area contributed by atoms with Crippen molar-refractivity contribution in [1.82, 2.24) is 0 Å². The summed E-state index contributed by atoms with van der Waals surface area (Å²) in [6.45, 7) is 3.35. The number of allylic oxidation sites excluding steroid dienone is 2. The molecule has 0 aliphatic rings. The van der Waals surface area contributed by atoms with E-state index in [1.807, 2.05) is 0 Å². The van der Waals surface area contributed by atoms with Crippen LogP contribution < -0.4 is 10.4 Å². The maximum atomic E-state index is 11.1. The lowest BCUT2D eigenvalue weighted by atomic mass is 10.1. The van der Waals surface area contributed by atoms with Crippen LogP contribution in [0.25, 0.3) is 5.57 Å². The van der Waals surface area contributed by atoms with Crippen molar-refractivity contribution < 1.29 is 13.9 Å². The summed E-state index contributed by atoms with van der Waals surface area (Å²) in [4.78, 5) is 21.9. The summed E-state index contributed by atoms with van der Waals surface area (Å²) < 4.78 is 9.93. The van der Waals surface area contributed by atoms with E-state index in [0.29, 0.717) is 28.9 Å². The molecule has 0 radical (unpaired) electrons. The molecule has 1 aromatic heterocycles. The molecule has 80 valence electrons. The second-order valence-corrected chi connectivity index (χ2v) is 2.93. The molecule has 0 aliphatic carbocycles. The molecule has 0 amide bonds. The second-order valence-electron chi connectivity index (χ2n) is 2.93. The van der Waals surface area contributed by atoms with E-state index in [9.17, 15) is 9.59 Å². The SMILES string of the molecule is CC=C(C=O)c1c(OC)cc(=O)oc1C. The topological polar surface area (TPSA) is 56.5 Å². The minimum Gasteiger partial charge on any atom is -0.496 e. The molecule has 4 heteroatoms. The van der Waals surface area contributed by atoms with Crippen LogP contribution in [0.1, 0.15) is 18.2 Å². The van der Waals surface area contributed by atoms with Gasteiger partial charge < -0.3 is 9.15 Å². The van der Waals surface area contributed by atoms with Crippen molar-refractivity contribution in [3.63, 3.8) is 0 Å². The standard InChI is InChI=1S/C11H12O4/c1-4-8(6-12)11-7(2)15-10(13)5-9(11)14-3/h4-6H,1-3H3. The smallest absolute Gasteiger partial charge is 0.339 e. The van der Waals surface area contributed by atoms with Crippen LogP contribution in [0.3, 0.4) is 0 Å². The third-order valence-corrected chi connectivity index (χ3v) is 2.05. The summed E-state index contributed by atoms with van der Waals surface area (Å²) in [5.74, 6) is 0.725. The molecule has 0 aliphatic heterocycles. The van der Waals surface area contributed by atoms with E-state index in [4.69, 9.17) is 9.15 Å². The summed E-state index contributed by atoms with van der Waals surface area (Å²) in [6.07, 6.45) is 2.34. The number of aryl methyl sites for hydroxylation is 1. The van der Waals surface area contributed by atoms with Crippen molar-refractivity contribution >= 4 is 11.9 Å². The van der Waals surface area contributed by atoms with Gasteiger partial charge in [-0.25, -0.2) is 4.79 Å². The summed E-state index contributed by atoms with van der Waals surface area (Å²) >= 11 is 0. The third kappa shape index (κ3) is 2.15. The first-order valence-corrected chi connectivity index (χ1v) is 4.44. The number of hydrogen-bond acceptors (Lipinski definition) is 4. The fourth-order valence-corrected chi connectivity index (χ4v) is 1.36. The van der Waals surface area contributed by atoms with Crippen LogP contribution in [0.15, 0.2) is 21.4 Å². The van der Waals surface area contributed by atoms with E-state index in [1.165, 1.54) is 13.2 Å². The summed E-state index contributed by atoms with van der Waals surface area (Å²) in [5.41, 5.74) is 0.470. The molecule has 1 rings (SSSR count). The van der Waals surface area contributed by atoms with Gasteiger partial charge >= 0.3 is 5.63 Å². The largest absolute Gasteiger partial charge is 0.496 e. The molecule has 4 nitrogen and oxygen atoms in total. The van der Waals surface area contributed by atoms with Gasteiger partial charge in [-0.1, -0.05) is 6.08 Å². The van der Waals surface area contributed by atoms with Crippen LogP contribution in [-0.2, 0) is 4.79 Å². The lowest BCUT2D eigenvalue weighted by molar-refractivity contribution is -0.103. The highest BCUT2D eigenvalue weighted by Crippen LogP contribution is 2.26. The molecule has 1 heterocycles. The van der Waals surface area contributed by atoms with Crippen LogP contribution in [0.4, 0.5) is 0 Å². The number of carbonyl (C=O) groups excluding carboxylic acids is 1. The van der Waals surface area contributed by atoms with Crippen molar-refractivity contribution in [1.29, 1.82) is 0 Å². The van der Waals surface area contributed by atoms with Crippen LogP contribution in [0.5, 0.6) is 5.75 Å². The zero-order chi connectivity index (χ0) is 11.4. The lowest BCUT2D eigenvalue weighted by Crippen LogP contribution is -2.04. The average Bonchev–Trinajstić information content (AvgIpc) is 2.21. The Bertz CT molecular complexity index is 454. The first-order chi connectivity index (χ1) is 7.13. The van der Waals surface area contributed by atoms with Crippen LogP contribution in [-0.4, -0.2) is 13.4 Å². The van der Waals surface area contributed by atoms with Gasteiger partial charge in [0.1, 0.15) is 11.5 Å². The molecule has 0 unspecified atom stereocenters. The quantitative estimate of drug-likeness (QED) is 0.558. The van der Waals surface area contributed by atoms with Crippen LogP contribution in [0, 0.1) is 6.92 Å². The molecular weight excluding hydrogens is 196 g/mol. The summed E-state index contributed by atoms with van der Waals surface area (Å²) in [7, 11) is 1.44. The van der Waals surface area contributed by atoms with Crippen molar-refractivity contribution in [3.8, 4) is 5.75 Å². The second kappa shape index (κ2) is 4.59. The molecule has 0 atom stereocenters. The van der Waals surface area contributed by atoms with E-state index >= 15 is 0 Å². The lowest BCUT2D eigenvalue weighted by Gasteiger charge is -2.08. The normalized spacial score (nSPS) is 11.3. The number of rotatable bonds is 3. The van der Waals surface area contributed by atoms with Gasteiger partial charge in [0.15, 0.2) is 6.29 Å². The number of methoxy groups -OCH3 is 1. The Balaban J connectivity index is 3.52. The predicted octanol–water partition coefficient (Wildman–Crippen LogP) is 1.56. The molecule has 0 fully saturated rings. The van der Waals surface area contributed by atoms with Gasteiger partial charge in [-0.2, -0.15) is 0 Å². The van der Waals surface area contributed by atoms with Gasteiger partial charge in [-0.3, -0.25) is 4.79 Å². The van der Waals surface area contributed by atoms with Crippen molar-refractivity contribution in [2.75, 3.05) is 7.11 Å². The highest BCUT2D eigenvalue weighted by atomic mass is 16.5. The molecule has 15 heavy (non-hydrogen) atoms. The maximum absolute atomic E-state index is 11.1. The Labute approximate surface area is 87.2 Å². The predicted molar refractivity (Wildman–Crippen MR) is 56.0 cm³/mol. The fraction of sp³-hybridized carbons (Fsp3) is 0.273. The Kier molecular flexibility index (Phi) is 3.44. The molecule has 0 saturated carbocycles. The molecule has 0 N–H and O–H groups in total. The van der Waals surface area contributed by atoms with E-state index in [2.05, 4.69) is 0 Å². The van der Waals surface area contributed by atoms with E-state index in [0.717, 1.165) is 0 Å². The monoisotopic (exact) mass is 208 g/mol. The third-order valence-electron chi connectivity index (χ3n) is 2.05. The van der Waals surface area contributed by atoms with Gasteiger partial charge in [-0.05, 0) is 13.8 Å². The Morgan fingerprint density at radius 2 is 2.20 bits per heavy atom. The zero-order valence-corrected chi connectivity index (χ0v) is 8.87. The van der Waals surface area contributed by atoms with Crippen molar-refractivity contribution in [2.45, 2.75) is 13.8 Å². The van der Waals surface area contributed by atoms with E-state index in [1.54, 1.807) is 19.9 Å². The minimum absolute atomic E-state index is 0.351. The number of aldehydes is 1. The van der Waals surface area contributed by atoms with Crippen LogP contribution >= 0.6 is 0 Å². The first-order valence-electron chi connectivity index (χ1n) is 4.44. The molecule has 1 aromatic rings. The number of ether oxygens (including phenoxy) is 1. The van der Waals surface area contributed by atoms with Gasteiger partial charge in [0.25, 0.3) is 0 Å². The Morgan fingerprint density at radius 1 is 1.53 bits per heavy atom. The molecule has 0 saturated heterocycles. The molecular formula is C11H12O4. The summed E-state index contributed by atoms with van der Waals surface area (Å²) in [6, 6.07) is 1.22. The minimum atomic E-state index is -0.491. The fourth-order valence-electron chi connectivity index (χ4n) is 1.36. The van der Waals surface area contributed by atoms with E-state index < -0.39 is 5.63 Å². The highest BCUT2D eigenvalue weighted by Gasteiger charge is 2.13. The Morgan fingerprint density at radius 3 is 2.67 bits per heavy atom. The van der Waals surface area contributed by atoms with Crippen molar-refractivity contribution in [2.24, 2.45) is 0 Å². The molecule has 0 spiro atoms. The van der Waals surface area contributed by atoms with Crippen LogP contribution in [0.2, 0.25) is 0 Å². The number of hydrogen-bond donors (Lipinski definition) is 0. The highest BCUT2D eigenvalue weighted by molar-refractivity contribution is 6.08. The molecule has 0 bridgehead atoms. The Hall–Kier alpha value is -1.84. The number of carbonyl (C=O) groups is 1. The maximum Gasteiger partial charge on any atom is 0.339 e. The van der Waals surface area contributed by atoms with Crippen molar-refractivity contribution in [3.05, 3.63) is 33.9 Å². The average molecular weight is 208 g/mol.